The molecule has 1 aliphatic rings. The second kappa shape index (κ2) is 5.41. The summed E-state index contributed by atoms with van der Waals surface area (Å²) < 4.78 is 21.7. The first-order valence-electron chi connectivity index (χ1n) is 4.67. The van der Waals surface area contributed by atoms with Crippen molar-refractivity contribution in [1.82, 2.24) is 9.76 Å². The number of amides is 2. The number of hydrogen-bond donors (Lipinski definition) is 1. The van der Waals surface area contributed by atoms with Gasteiger partial charge >= 0.3 is 19.0 Å². The zero-order valence-corrected chi connectivity index (χ0v) is 10.3. The maximum atomic E-state index is 11.8. The van der Waals surface area contributed by atoms with Crippen LogP contribution >= 0.6 is 18.0 Å². The van der Waals surface area contributed by atoms with Crippen molar-refractivity contribution >= 4 is 30.2 Å². The van der Waals surface area contributed by atoms with Crippen LogP contribution in [0, 0.1) is 0 Å². The first kappa shape index (κ1) is 13.1. The van der Waals surface area contributed by atoms with Gasteiger partial charge in [-0.15, -0.1) is 0 Å². The summed E-state index contributed by atoms with van der Waals surface area (Å²) in [5.74, 6) is 0. The Balaban J connectivity index is 2.54. The number of nitrogens with zero attached hydrogens (tertiary/aromatic N) is 1. The van der Waals surface area contributed by atoms with Crippen LogP contribution in [0.3, 0.4) is 0 Å². The van der Waals surface area contributed by atoms with Crippen LogP contribution in [-0.2, 0) is 14.0 Å². The van der Waals surface area contributed by atoms with Gasteiger partial charge in [0, 0.05) is 0 Å². The lowest BCUT2D eigenvalue weighted by molar-refractivity contribution is 0.152. The van der Waals surface area contributed by atoms with Gasteiger partial charge in [0.05, 0.1) is 13.2 Å². The molecule has 9 heteroatoms. The van der Waals surface area contributed by atoms with Crippen molar-refractivity contribution in [2.24, 2.45) is 0 Å². The van der Waals surface area contributed by atoms with Gasteiger partial charge < -0.3 is 9.47 Å². The zero-order chi connectivity index (χ0) is 12.2. The third-order valence-corrected chi connectivity index (χ3v) is 3.96. The van der Waals surface area contributed by atoms with Crippen LogP contribution in [0.15, 0.2) is 0 Å². The molecule has 0 aromatic carbocycles. The van der Waals surface area contributed by atoms with E-state index in [4.69, 9.17) is 11.2 Å². The number of nitrogens with one attached hydrogen (secondary N) is 1. The number of cyclic esters (lactones) is 1. The fourth-order valence-electron chi connectivity index (χ4n) is 1.02. The quantitative estimate of drug-likeness (QED) is 0.789. The summed E-state index contributed by atoms with van der Waals surface area (Å²) in [6.45, 7) is -1.61. The normalized spacial score (nSPS) is 18.9. The molecule has 1 rings (SSSR count). The van der Waals surface area contributed by atoms with E-state index in [-0.39, 0.29) is 19.8 Å². The fraction of sp³-hybridized carbons (Fsp3) is 0.714. The maximum absolute atomic E-state index is 11.8. The number of carbonyl (C=O) groups excluding carboxylic acids is 2. The van der Waals surface area contributed by atoms with Gasteiger partial charge in [-0.25, -0.2) is 19.3 Å². The predicted molar refractivity (Wildman–Crippen MR) is 56.3 cm³/mol. The summed E-state index contributed by atoms with van der Waals surface area (Å²) in [7, 11) is 0. The first-order valence-corrected chi connectivity index (χ1v) is 7.23. The van der Waals surface area contributed by atoms with Crippen LogP contribution in [0.2, 0.25) is 0 Å². The van der Waals surface area contributed by atoms with E-state index in [9.17, 15) is 14.2 Å². The monoisotopic (exact) mass is 270 g/mol. The van der Waals surface area contributed by atoms with Crippen LogP contribution in [0.1, 0.15) is 13.3 Å². The highest BCUT2D eigenvalue weighted by atomic mass is 35.7. The van der Waals surface area contributed by atoms with Crippen molar-refractivity contribution in [1.29, 1.82) is 0 Å². The van der Waals surface area contributed by atoms with Crippen molar-refractivity contribution < 1.29 is 23.6 Å². The molecule has 1 saturated heterocycles. The lowest BCUT2D eigenvalue weighted by Gasteiger charge is -2.19. The molecule has 1 heterocycles. The number of hydrogen-bond acceptors (Lipinski definition) is 5. The summed E-state index contributed by atoms with van der Waals surface area (Å²) in [5, 5.41) is 1.95. The Morgan fingerprint density at radius 3 is 2.94 bits per heavy atom. The van der Waals surface area contributed by atoms with E-state index in [1.54, 1.807) is 0 Å². The Morgan fingerprint density at radius 1 is 1.75 bits per heavy atom. The van der Waals surface area contributed by atoms with Crippen LogP contribution in [0.5, 0.6) is 0 Å². The molecular weight excluding hydrogens is 259 g/mol. The molecule has 1 aliphatic heterocycles. The zero-order valence-electron chi connectivity index (χ0n) is 8.64. The third-order valence-electron chi connectivity index (χ3n) is 1.72. The molecule has 1 fully saturated rings. The van der Waals surface area contributed by atoms with Gasteiger partial charge in [0.1, 0.15) is 6.61 Å². The van der Waals surface area contributed by atoms with Crippen LogP contribution < -0.4 is 5.09 Å². The fourth-order valence-corrected chi connectivity index (χ4v) is 2.65. The Kier molecular flexibility index (Phi) is 4.44. The molecule has 0 radical (unpaired) electrons. The van der Waals surface area contributed by atoms with E-state index < -0.39 is 19.0 Å². The summed E-state index contributed by atoms with van der Waals surface area (Å²) in [6.07, 6.45) is -1.10. The Morgan fingerprint density at radius 2 is 2.44 bits per heavy atom. The van der Waals surface area contributed by atoms with Gasteiger partial charge in [-0.2, -0.15) is 0 Å². The number of halogens is 1. The molecule has 1 N–H and O–H groups in total. The van der Waals surface area contributed by atoms with Crippen molar-refractivity contribution in [2.75, 3.05) is 19.8 Å². The highest BCUT2D eigenvalue weighted by Gasteiger charge is 2.39. The minimum absolute atomic E-state index is 0.0771. The second-order valence-electron chi connectivity index (χ2n) is 2.99. The molecule has 0 saturated carbocycles. The second-order valence-corrected chi connectivity index (χ2v) is 6.07. The molecule has 92 valence electrons. The van der Waals surface area contributed by atoms with Crippen molar-refractivity contribution in [3.63, 3.8) is 0 Å². The average molecular weight is 271 g/mol. The number of ether oxygens (including phenoxy) is 2. The summed E-state index contributed by atoms with van der Waals surface area (Å²) in [6, 6.07) is 0. The molecule has 0 aliphatic carbocycles. The van der Waals surface area contributed by atoms with E-state index in [1.165, 1.54) is 0 Å². The van der Waals surface area contributed by atoms with Crippen molar-refractivity contribution in [2.45, 2.75) is 13.3 Å². The molecule has 0 spiro atoms. The average Bonchev–Trinajstić information content (AvgIpc) is 2.61. The Hall–Kier alpha value is -0.940. The lowest BCUT2D eigenvalue weighted by atomic mass is 10.5. The molecule has 7 nitrogen and oxygen atoms in total. The van der Waals surface area contributed by atoms with Gasteiger partial charge in [-0.3, -0.25) is 4.57 Å². The van der Waals surface area contributed by atoms with E-state index in [1.807, 2.05) is 12.0 Å². The van der Waals surface area contributed by atoms with Gasteiger partial charge in [0.25, 0.3) is 0 Å². The molecule has 0 aromatic heterocycles. The summed E-state index contributed by atoms with van der Waals surface area (Å²) in [4.78, 5) is 22.2. The molecule has 2 amide bonds. The van der Waals surface area contributed by atoms with Crippen molar-refractivity contribution in [3.8, 4) is 0 Å². The SMILES string of the molecule is CCCOC(=O)NP(=O)(Cl)N1CCOC1=O. The molecule has 0 bridgehead atoms. The molecule has 1 atom stereocenters. The van der Waals surface area contributed by atoms with Crippen LogP contribution in [0.25, 0.3) is 0 Å². The van der Waals surface area contributed by atoms with Crippen molar-refractivity contribution in [3.05, 3.63) is 0 Å². The largest absolute Gasteiger partial charge is 0.449 e. The maximum Gasteiger partial charge on any atom is 0.417 e. The third kappa shape index (κ3) is 3.28. The topological polar surface area (TPSA) is 84.9 Å². The standard InChI is InChI=1S/C7H12ClN2O5P/c1-2-4-14-6(11)9-16(8,13)10-3-5-15-7(10)12/h2-5H2,1H3,(H,9,11,13). The van der Waals surface area contributed by atoms with Crippen LogP contribution in [0.4, 0.5) is 9.59 Å². The predicted octanol–water partition coefficient (Wildman–Crippen LogP) is 1.92. The minimum atomic E-state index is -3.79. The van der Waals surface area contributed by atoms with Crippen LogP contribution in [-0.4, -0.2) is 36.6 Å². The van der Waals surface area contributed by atoms with Gasteiger partial charge in [-0.05, 0) is 17.7 Å². The van der Waals surface area contributed by atoms with Gasteiger partial charge in [0.15, 0.2) is 0 Å². The van der Waals surface area contributed by atoms with E-state index in [2.05, 4.69) is 9.47 Å². The molecule has 1 unspecified atom stereocenters. The highest BCUT2D eigenvalue weighted by molar-refractivity contribution is 7.86. The smallest absolute Gasteiger partial charge is 0.417 e. The number of rotatable bonds is 4. The molecular formula is C7H12ClN2O5P. The van der Waals surface area contributed by atoms with E-state index >= 15 is 0 Å². The first-order chi connectivity index (χ1) is 7.47. The highest BCUT2D eigenvalue weighted by Crippen LogP contribution is 2.52. The molecule has 0 aromatic rings. The molecule has 16 heavy (non-hydrogen) atoms. The summed E-state index contributed by atoms with van der Waals surface area (Å²) >= 11 is 5.58. The van der Waals surface area contributed by atoms with Gasteiger partial charge in [0.2, 0.25) is 0 Å². The Bertz CT molecular complexity index is 337. The van der Waals surface area contributed by atoms with Gasteiger partial charge in [-0.1, -0.05) is 6.92 Å². The number of carbonyl (C=O) groups is 2. The minimum Gasteiger partial charge on any atom is -0.449 e. The lowest BCUT2D eigenvalue weighted by Crippen LogP contribution is -2.30. The Labute approximate surface area is 97.3 Å². The van der Waals surface area contributed by atoms with E-state index in [0.717, 1.165) is 4.67 Å². The van der Waals surface area contributed by atoms with E-state index in [0.29, 0.717) is 6.42 Å². The summed E-state index contributed by atoms with van der Waals surface area (Å²) in [5.41, 5.74) is 0.